The maximum absolute atomic E-state index is 3.74. The Labute approximate surface area is 100 Å². The minimum Gasteiger partial charge on any atom is -0.309 e. The molecule has 2 unspecified atom stereocenters. The van der Waals surface area contributed by atoms with Crippen LogP contribution in [0.1, 0.15) is 46.5 Å². The topological polar surface area (TPSA) is 15.3 Å². The lowest BCUT2D eigenvalue weighted by Gasteiger charge is -2.48. The van der Waals surface area contributed by atoms with Crippen molar-refractivity contribution in [3.8, 4) is 0 Å². The molecule has 92 valence electrons. The summed E-state index contributed by atoms with van der Waals surface area (Å²) < 4.78 is 0. The van der Waals surface area contributed by atoms with Crippen molar-refractivity contribution in [1.29, 1.82) is 0 Å². The highest BCUT2D eigenvalue weighted by atomic mass is 15.3. The van der Waals surface area contributed by atoms with Gasteiger partial charge in [-0.05, 0) is 32.6 Å². The van der Waals surface area contributed by atoms with Crippen molar-refractivity contribution in [1.82, 2.24) is 10.2 Å². The molecule has 16 heavy (non-hydrogen) atoms. The van der Waals surface area contributed by atoms with Gasteiger partial charge in [-0.15, -0.1) is 0 Å². The predicted molar refractivity (Wildman–Crippen MR) is 69.6 cm³/mol. The third-order valence-electron chi connectivity index (χ3n) is 4.47. The summed E-state index contributed by atoms with van der Waals surface area (Å²) >= 11 is 0. The average Bonchev–Trinajstić information content (AvgIpc) is 2.82. The molecule has 1 saturated heterocycles. The number of hydrogen-bond donors (Lipinski definition) is 1. The lowest BCUT2D eigenvalue weighted by atomic mass is 9.91. The molecule has 0 aromatic heterocycles. The molecule has 0 amide bonds. The Bertz CT molecular complexity index is 251. The van der Waals surface area contributed by atoms with Crippen molar-refractivity contribution in [2.24, 2.45) is 0 Å². The van der Waals surface area contributed by atoms with Crippen molar-refractivity contribution < 1.29 is 0 Å². The van der Waals surface area contributed by atoms with E-state index in [1.54, 1.807) is 0 Å². The van der Waals surface area contributed by atoms with E-state index < -0.39 is 0 Å². The quantitative estimate of drug-likeness (QED) is 0.738. The summed E-state index contributed by atoms with van der Waals surface area (Å²) in [5.74, 6) is 0. The van der Waals surface area contributed by atoms with Crippen molar-refractivity contribution >= 4 is 0 Å². The van der Waals surface area contributed by atoms with E-state index >= 15 is 0 Å². The minimum absolute atomic E-state index is 0.328. The fourth-order valence-corrected chi connectivity index (χ4v) is 2.99. The van der Waals surface area contributed by atoms with Crippen LogP contribution >= 0.6 is 0 Å². The Hall–Kier alpha value is -0.340. The summed E-state index contributed by atoms with van der Waals surface area (Å²) in [6.45, 7) is 9.36. The van der Waals surface area contributed by atoms with Crippen LogP contribution in [0.3, 0.4) is 0 Å². The van der Waals surface area contributed by atoms with Crippen LogP contribution in [0.25, 0.3) is 0 Å². The van der Waals surface area contributed by atoms with E-state index in [0.717, 1.165) is 18.6 Å². The van der Waals surface area contributed by atoms with Gasteiger partial charge in [0.05, 0.1) is 0 Å². The molecule has 2 rings (SSSR count). The Morgan fingerprint density at radius 3 is 2.56 bits per heavy atom. The van der Waals surface area contributed by atoms with Gasteiger partial charge in [0.1, 0.15) is 0 Å². The van der Waals surface area contributed by atoms with Gasteiger partial charge < -0.3 is 5.32 Å². The average molecular weight is 222 g/mol. The number of nitrogens with one attached hydrogen (secondary N) is 1. The van der Waals surface area contributed by atoms with E-state index in [4.69, 9.17) is 0 Å². The van der Waals surface area contributed by atoms with E-state index in [1.165, 1.54) is 32.2 Å². The molecule has 0 aromatic rings. The Morgan fingerprint density at radius 1 is 1.31 bits per heavy atom. The highest BCUT2D eigenvalue weighted by Gasteiger charge is 2.37. The molecule has 1 fully saturated rings. The molecular weight excluding hydrogens is 196 g/mol. The highest BCUT2D eigenvalue weighted by Crippen LogP contribution is 2.27. The molecule has 0 bridgehead atoms. The second-order valence-corrected chi connectivity index (χ2v) is 5.63. The van der Waals surface area contributed by atoms with Crippen LogP contribution in [-0.2, 0) is 0 Å². The maximum Gasteiger partial charge on any atom is 0.0278 e. The molecule has 1 N–H and O–H groups in total. The standard InChI is InChI=1S/C14H26N2/c1-4-12-10-15-14(3,5-2)11-16(12)13-8-6-7-9-13/h6-7,12-13,15H,4-5,8-11H2,1-3H3. The molecule has 0 saturated carbocycles. The molecule has 1 heterocycles. The van der Waals surface area contributed by atoms with E-state index in [-0.39, 0.29) is 0 Å². The summed E-state index contributed by atoms with van der Waals surface area (Å²) in [5, 5.41) is 3.74. The Balaban J connectivity index is 2.05. The Kier molecular flexibility index (Phi) is 3.70. The molecule has 0 radical (unpaired) electrons. The first-order valence-electron chi connectivity index (χ1n) is 6.84. The zero-order valence-electron chi connectivity index (χ0n) is 11.0. The summed E-state index contributed by atoms with van der Waals surface area (Å²) in [6.07, 6.45) is 9.71. The third kappa shape index (κ3) is 2.33. The van der Waals surface area contributed by atoms with Gasteiger partial charge in [0.25, 0.3) is 0 Å². The molecule has 1 aliphatic heterocycles. The van der Waals surface area contributed by atoms with E-state index in [2.05, 4.69) is 43.1 Å². The van der Waals surface area contributed by atoms with Crippen LogP contribution in [0.4, 0.5) is 0 Å². The summed E-state index contributed by atoms with van der Waals surface area (Å²) in [5.41, 5.74) is 0.328. The van der Waals surface area contributed by atoms with Crippen molar-refractivity contribution in [3.63, 3.8) is 0 Å². The zero-order valence-corrected chi connectivity index (χ0v) is 11.0. The normalized spacial score (nSPS) is 37.1. The third-order valence-corrected chi connectivity index (χ3v) is 4.47. The first kappa shape index (κ1) is 12.1. The predicted octanol–water partition coefficient (Wildman–Crippen LogP) is 2.56. The van der Waals surface area contributed by atoms with Gasteiger partial charge in [0.2, 0.25) is 0 Å². The number of hydrogen-bond acceptors (Lipinski definition) is 2. The molecule has 1 aliphatic carbocycles. The zero-order chi connectivity index (χ0) is 11.6. The fourth-order valence-electron chi connectivity index (χ4n) is 2.99. The van der Waals surface area contributed by atoms with E-state index in [1.807, 2.05) is 0 Å². The SMILES string of the molecule is CCC1CNC(C)(CC)CN1C1CC=CC1. The lowest BCUT2D eigenvalue weighted by molar-refractivity contribution is 0.0478. The Morgan fingerprint density at radius 2 is 2.00 bits per heavy atom. The molecule has 2 aliphatic rings. The molecule has 0 aromatic carbocycles. The van der Waals surface area contributed by atoms with Crippen molar-refractivity contribution in [2.45, 2.75) is 64.1 Å². The first-order chi connectivity index (χ1) is 7.68. The van der Waals surface area contributed by atoms with Crippen LogP contribution in [-0.4, -0.2) is 35.6 Å². The van der Waals surface area contributed by atoms with Gasteiger partial charge in [-0.3, -0.25) is 4.90 Å². The van der Waals surface area contributed by atoms with E-state index in [9.17, 15) is 0 Å². The number of piperazine rings is 1. The molecule has 2 heteroatoms. The largest absolute Gasteiger partial charge is 0.309 e. The lowest BCUT2D eigenvalue weighted by Crippen LogP contribution is -2.64. The van der Waals surface area contributed by atoms with Crippen LogP contribution in [0.15, 0.2) is 12.2 Å². The summed E-state index contributed by atoms with van der Waals surface area (Å²) in [4.78, 5) is 2.76. The second-order valence-electron chi connectivity index (χ2n) is 5.63. The first-order valence-corrected chi connectivity index (χ1v) is 6.84. The smallest absolute Gasteiger partial charge is 0.0278 e. The molecule has 2 nitrogen and oxygen atoms in total. The molecule has 0 spiro atoms. The van der Waals surface area contributed by atoms with Gasteiger partial charge >= 0.3 is 0 Å². The number of rotatable bonds is 3. The van der Waals surface area contributed by atoms with Gasteiger partial charge in [-0.1, -0.05) is 26.0 Å². The maximum atomic E-state index is 3.74. The van der Waals surface area contributed by atoms with Gasteiger partial charge in [-0.25, -0.2) is 0 Å². The number of nitrogens with zero attached hydrogens (tertiary/aromatic N) is 1. The molecule has 2 atom stereocenters. The van der Waals surface area contributed by atoms with Gasteiger partial charge in [0, 0.05) is 30.7 Å². The van der Waals surface area contributed by atoms with Crippen molar-refractivity contribution in [2.75, 3.05) is 13.1 Å². The molecular formula is C14H26N2. The van der Waals surface area contributed by atoms with Crippen LogP contribution in [0.2, 0.25) is 0 Å². The fraction of sp³-hybridized carbons (Fsp3) is 0.857. The summed E-state index contributed by atoms with van der Waals surface area (Å²) in [6, 6.07) is 1.52. The summed E-state index contributed by atoms with van der Waals surface area (Å²) in [7, 11) is 0. The van der Waals surface area contributed by atoms with Gasteiger partial charge in [0.15, 0.2) is 0 Å². The highest BCUT2D eigenvalue weighted by molar-refractivity contribution is 5.04. The van der Waals surface area contributed by atoms with Crippen molar-refractivity contribution in [3.05, 3.63) is 12.2 Å². The van der Waals surface area contributed by atoms with E-state index in [0.29, 0.717) is 5.54 Å². The minimum atomic E-state index is 0.328. The second kappa shape index (κ2) is 4.89. The monoisotopic (exact) mass is 222 g/mol. The van der Waals surface area contributed by atoms with Crippen LogP contribution < -0.4 is 5.32 Å². The van der Waals surface area contributed by atoms with Crippen LogP contribution in [0.5, 0.6) is 0 Å². The van der Waals surface area contributed by atoms with Gasteiger partial charge in [-0.2, -0.15) is 0 Å². The van der Waals surface area contributed by atoms with Crippen LogP contribution in [0, 0.1) is 0 Å².